The molecule has 15 heavy (non-hydrogen) atoms. The van der Waals surface area contributed by atoms with E-state index in [0.29, 0.717) is 5.56 Å². The van der Waals surface area contributed by atoms with Crippen LogP contribution in [0.4, 0.5) is 0 Å². The molecule has 4 nitrogen and oxygen atoms in total. The van der Waals surface area contributed by atoms with Crippen molar-refractivity contribution in [3.63, 3.8) is 0 Å². The zero-order chi connectivity index (χ0) is 11.4. The van der Waals surface area contributed by atoms with E-state index in [1.807, 2.05) is 19.1 Å². The average Bonchev–Trinajstić information content (AvgIpc) is 2.15. The summed E-state index contributed by atoms with van der Waals surface area (Å²) in [5.74, 6) is 0. The van der Waals surface area contributed by atoms with Crippen LogP contribution in [-0.2, 0) is 15.2 Å². The van der Waals surface area contributed by atoms with Crippen LogP contribution in [0.3, 0.4) is 0 Å². The summed E-state index contributed by atoms with van der Waals surface area (Å²) >= 11 is 0. The lowest BCUT2D eigenvalue weighted by atomic mass is 10.0. The molecule has 2 unspecified atom stereocenters. The van der Waals surface area contributed by atoms with Crippen LogP contribution in [0.15, 0.2) is 24.3 Å². The van der Waals surface area contributed by atoms with Crippen molar-refractivity contribution in [2.75, 3.05) is 0 Å². The maximum Gasteiger partial charge on any atom is 0.257 e. The van der Waals surface area contributed by atoms with Gasteiger partial charge in [0.05, 0.1) is 6.10 Å². The number of aliphatic hydroxyl groups excluding tert-OH is 1. The Labute approximate surface area is 90.7 Å². The van der Waals surface area contributed by atoms with Gasteiger partial charge in [-0.05, 0) is 19.4 Å². The highest BCUT2D eigenvalue weighted by Gasteiger charge is 2.19. The number of thiol groups is 1. The highest BCUT2D eigenvalue weighted by molar-refractivity contribution is 7.67. The van der Waals surface area contributed by atoms with Crippen molar-refractivity contribution < 1.29 is 17.7 Å². The maximum absolute atomic E-state index is 10.4. The number of benzene rings is 1. The lowest BCUT2D eigenvalue weighted by molar-refractivity contribution is 0.0733. The first-order valence-electron chi connectivity index (χ1n) is 4.39. The van der Waals surface area contributed by atoms with Crippen molar-refractivity contribution >= 4 is 11.0 Å². The molecule has 1 N–H and O–H groups in total. The third-order valence-electron chi connectivity index (χ3n) is 1.95. The van der Waals surface area contributed by atoms with Crippen molar-refractivity contribution in [3.8, 4) is 0 Å². The predicted molar refractivity (Wildman–Crippen MR) is 56.7 cm³/mol. The van der Waals surface area contributed by atoms with Gasteiger partial charge in [0.1, 0.15) is 6.10 Å². The molecule has 1 radical (unpaired) electrons. The molecule has 0 aliphatic carbocycles. The van der Waals surface area contributed by atoms with Crippen molar-refractivity contribution in [1.82, 2.24) is 0 Å². The van der Waals surface area contributed by atoms with Crippen molar-refractivity contribution in [2.45, 2.75) is 19.1 Å². The molecule has 0 amide bonds. The van der Waals surface area contributed by atoms with Crippen molar-refractivity contribution in [2.24, 2.45) is 0 Å². The van der Waals surface area contributed by atoms with Gasteiger partial charge in [-0.25, -0.2) is 8.42 Å². The molecule has 5 heteroatoms. The zero-order valence-electron chi connectivity index (χ0n) is 8.29. The Morgan fingerprint density at radius 2 is 1.87 bits per heavy atom. The van der Waals surface area contributed by atoms with Crippen LogP contribution in [0.2, 0.25) is 0 Å². The summed E-state index contributed by atoms with van der Waals surface area (Å²) in [6, 6.07) is 7.03. The van der Waals surface area contributed by atoms with Crippen LogP contribution >= 0.6 is 0 Å². The summed E-state index contributed by atoms with van der Waals surface area (Å²) in [6.07, 6.45) is -2.06. The summed E-state index contributed by atoms with van der Waals surface area (Å²) < 4.78 is 25.4. The van der Waals surface area contributed by atoms with E-state index in [0.717, 1.165) is 5.56 Å². The summed E-state index contributed by atoms with van der Waals surface area (Å²) in [5, 5.41) is 9.28. The Hall–Kier alpha value is -0.910. The van der Waals surface area contributed by atoms with Gasteiger partial charge in [0.15, 0.2) is 0 Å². The van der Waals surface area contributed by atoms with E-state index in [2.05, 4.69) is 11.1 Å². The molecular formula is C10H13O4S. The molecule has 1 rings (SSSR count). The second kappa shape index (κ2) is 5.25. The molecule has 0 spiro atoms. The number of rotatable bonds is 4. The van der Waals surface area contributed by atoms with Crippen LogP contribution in [0.25, 0.3) is 0 Å². The molecule has 83 valence electrons. The minimum absolute atomic E-state index is 0.585. The molecule has 0 saturated heterocycles. The quantitative estimate of drug-likeness (QED) is 0.749. The highest BCUT2D eigenvalue weighted by atomic mass is 32.2. The first-order chi connectivity index (χ1) is 7.00. The smallest absolute Gasteiger partial charge is 0.257 e. The third-order valence-corrected chi connectivity index (χ3v) is 2.35. The molecule has 0 heterocycles. The van der Waals surface area contributed by atoms with Gasteiger partial charge in [0.25, 0.3) is 11.0 Å². The van der Waals surface area contributed by atoms with E-state index >= 15 is 0 Å². The lowest BCUT2D eigenvalue weighted by Crippen LogP contribution is -2.17. The fourth-order valence-electron chi connectivity index (χ4n) is 1.20. The summed E-state index contributed by atoms with van der Waals surface area (Å²) in [7, 11) is -3.00. The number of aliphatic hydroxyl groups is 1. The Bertz CT molecular complexity index is 373. The highest BCUT2D eigenvalue weighted by Crippen LogP contribution is 2.21. The monoisotopic (exact) mass is 229 g/mol. The largest absolute Gasteiger partial charge is 0.390 e. The van der Waals surface area contributed by atoms with Crippen LogP contribution in [-0.4, -0.2) is 19.6 Å². The first-order valence-corrected chi connectivity index (χ1v) is 5.49. The summed E-state index contributed by atoms with van der Waals surface area (Å²) in [4.78, 5) is 0. The predicted octanol–water partition coefficient (Wildman–Crippen LogP) is 0.774. The fraction of sp³-hybridized carbons (Fsp3) is 0.300. The molecule has 1 aromatic carbocycles. The molecular weight excluding hydrogens is 216 g/mol. The van der Waals surface area contributed by atoms with E-state index in [1.165, 1.54) is 0 Å². The van der Waals surface area contributed by atoms with Crippen LogP contribution in [0, 0.1) is 13.8 Å². The van der Waals surface area contributed by atoms with E-state index < -0.39 is 23.2 Å². The van der Waals surface area contributed by atoms with Gasteiger partial charge in [0, 0.05) is 0 Å². The summed E-state index contributed by atoms with van der Waals surface area (Å²) in [5.41, 5.74) is 1.63. The second-order valence-electron chi connectivity index (χ2n) is 3.23. The zero-order valence-corrected chi connectivity index (χ0v) is 9.18. The maximum atomic E-state index is 10.4. The van der Waals surface area contributed by atoms with E-state index in [4.69, 9.17) is 0 Å². The standard InChI is InChI=1S/C10H13O4S/c1-7-3-5-9(6-4-7)10(8(2)11)14-15(12)13/h3-6,8,10-11,15H,2H2,1H3. The van der Waals surface area contributed by atoms with Crippen LogP contribution < -0.4 is 0 Å². The summed E-state index contributed by atoms with van der Waals surface area (Å²) in [6.45, 7) is 5.26. The average molecular weight is 229 g/mol. The number of hydrogen-bond donors (Lipinski definition) is 2. The van der Waals surface area contributed by atoms with Crippen LogP contribution in [0.5, 0.6) is 0 Å². The molecule has 2 atom stereocenters. The third kappa shape index (κ3) is 3.62. The minimum atomic E-state index is -3.00. The Morgan fingerprint density at radius 1 is 1.33 bits per heavy atom. The van der Waals surface area contributed by atoms with Gasteiger partial charge in [-0.3, -0.25) is 4.18 Å². The van der Waals surface area contributed by atoms with Gasteiger partial charge >= 0.3 is 0 Å². The molecule has 0 aliphatic rings. The van der Waals surface area contributed by atoms with Gasteiger partial charge in [-0.1, -0.05) is 29.8 Å². The minimum Gasteiger partial charge on any atom is -0.390 e. The molecule has 0 fully saturated rings. The Kier molecular flexibility index (Phi) is 4.26. The molecule has 0 bridgehead atoms. The van der Waals surface area contributed by atoms with Gasteiger partial charge in [-0.15, -0.1) is 0 Å². The van der Waals surface area contributed by atoms with Crippen molar-refractivity contribution in [1.29, 1.82) is 0 Å². The Balaban J connectivity index is 2.93. The normalized spacial score (nSPS) is 15.2. The molecule has 0 aromatic heterocycles. The van der Waals surface area contributed by atoms with E-state index in [-0.39, 0.29) is 0 Å². The fourth-order valence-corrected chi connectivity index (χ4v) is 1.65. The second-order valence-corrected chi connectivity index (χ2v) is 3.89. The molecule has 0 aliphatic heterocycles. The van der Waals surface area contributed by atoms with E-state index in [1.54, 1.807) is 12.1 Å². The van der Waals surface area contributed by atoms with Gasteiger partial charge in [0.2, 0.25) is 0 Å². The molecule has 0 saturated carbocycles. The number of hydrogen-bond acceptors (Lipinski definition) is 4. The number of aryl methyl sites for hydroxylation is 1. The van der Waals surface area contributed by atoms with Crippen molar-refractivity contribution in [3.05, 3.63) is 42.3 Å². The first kappa shape index (κ1) is 12.2. The van der Waals surface area contributed by atoms with Gasteiger partial charge < -0.3 is 5.11 Å². The topological polar surface area (TPSA) is 63.6 Å². The SMILES string of the molecule is [CH2]C(O)C(O[SH](=O)=O)c1ccc(C)cc1. The Morgan fingerprint density at radius 3 is 2.27 bits per heavy atom. The van der Waals surface area contributed by atoms with Gasteiger partial charge in [-0.2, -0.15) is 0 Å². The lowest BCUT2D eigenvalue weighted by Gasteiger charge is -2.17. The molecule has 1 aromatic rings. The van der Waals surface area contributed by atoms with Crippen LogP contribution in [0.1, 0.15) is 17.2 Å². The van der Waals surface area contributed by atoms with E-state index in [9.17, 15) is 13.5 Å².